The Morgan fingerprint density at radius 2 is 1.59 bits per heavy atom. The van der Waals surface area contributed by atoms with E-state index in [1.54, 1.807) is 15.9 Å². The van der Waals surface area contributed by atoms with Crippen LogP contribution < -0.4 is 4.74 Å². The predicted molar refractivity (Wildman–Crippen MR) is 117 cm³/mol. The second-order valence-electron chi connectivity index (χ2n) is 7.49. The molecular weight excluding hydrogens is 384 g/mol. The van der Waals surface area contributed by atoms with Gasteiger partial charge in [-0.1, -0.05) is 24.3 Å². The Labute approximate surface area is 178 Å². The molecule has 2 aromatic rings. The lowest BCUT2D eigenvalue weighted by Crippen LogP contribution is -2.39. The van der Waals surface area contributed by atoms with Crippen LogP contribution in [0.3, 0.4) is 0 Å². The molecule has 0 radical (unpaired) electrons. The van der Waals surface area contributed by atoms with Gasteiger partial charge in [0.15, 0.2) is 6.61 Å². The van der Waals surface area contributed by atoms with Crippen LogP contribution in [0.5, 0.6) is 5.75 Å². The average molecular weight is 413 g/mol. The molecule has 2 aromatic carbocycles. The van der Waals surface area contributed by atoms with Crippen molar-refractivity contribution in [3.63, 3.8) is 0 Å². The molecule has 6 heteroatoms. The van der Waals surface area contributed by atoms with Crippen molar-refractivity contribution in [1.29, 1.82) is 0 Å². The number of benzene rings is 2. The molecule has 1 aliphatic rings. The molecule has 0 unspecified atom stereocenters. The van der Waals surface area contributed by atoms with Crippen LogP contribution in [0.4, 0.5) is 0 Å². The van der Waals surface area contributed by atoms with Crippen molar-refractivity contribution in [3.05, 3.63) is 58.7 Å². The molecule has 1 saturated heterocycles. The van der Waals surface area contributed by atoms with E-state index in [1.807, 2.05) is 45.0 Å². The Morgan fingerprint density at radius 3 is 2.34 bits per heavy atom. The molecule has 1 aliphatic heterocycles. The molecule has 2 amide bonds. The summed E-state index contributed by atoms with van der Waals surface area (Å²) in [7, 11) is 0. The van der Waals surface area contributed by atoms with Gasteiger partial charge in [0.25, 0.3) is 11.8 Å². The number of ether oxygens (including phenoxy) is 1. The largest absolute Gasteiger partial charge is 0.483 e. The minimum absolute atomic E-state index is 0.0125. The topological polar surface area (TPSA) is 49.9 Å². The molecule has 0 spiro atoms. The second kappa shape index (κ2) is 9.35. The van der Waals surface area contributed by atoms with E-state index in [0.717, 1.165) is 28.9 Å². The molecule has 5 nitrogen and oxygen atoms in total. The van der Waals surface area contributed by atoms with Gasteiger partial charge in [0.05, 0.1) is 5.56 Å². The Hall–Kier alpha value is -2.47. The number of hydrogen-bond donors (Lipinski definition) is 1. The fourth-order valence-corrected chi connectivity index (χ4v) is 3.82. The van der Waals surface area contributed by atoms with Gasteiger partial charge in [0.1, 0.15) is 5.75 Å². The third-order valence-electron chi connectivity index (χ3n) is 5.48. The van der Waals surface area contributed by atoms with Crippen molar-refractivity contribution in [2.75, 3.05) is 32.8 Å². The second-order valence-corrected chi connectivity index (χ2v) is 7.97. The summed E-state index contributed by atoms with van der Waals surface area (Å²) in [5, 5.41) is 0. The Morgan fingerprint density at radius 1 is 0.931 bits per heavy atom. The summed E-state index contributed by atoms with van der Waals surface area (Å²) in [6.45, 7) is 8.31. The van der Waals surface area contributed by atoms with Gasteiger partial charge >= 0.3 is 0 Å². The van der Waals surface area contributed by atoms with Gasteiger partial charge in [-0.2, -0.15) is 0 Å². The zero-order chi connectivity index (χ0) is 21.0. The molecular formula is C23H28N2O3S. The standard InChI is InChI=1S/C23H28N2O3S/c1-16-9-10-17(2)22(18(16)3)28-15-21(26)24-11-6-12-25(14-13-24)23(27)19-7-4-5-8-20(19)29/h4-5,7-10,29H,6,11-15H2,1-3H3. The number of amides is 2. The van der Waals surface area contributed by atoms with Crippen LogP contribution in [-0.4, -0.2) is 54.4 Å². The maximum Gasteiger partial charge on any atom is 0.260 e. The number of thiol groups is 1. The van der Waals surface area contributed by atoms with E-state index in [4.69, 9.17) is 4.74 Å². The number of aryl methyl sites for hydroxylation is 2. The molecule has 1 heterocycles. The predicted octanol–water partition coefficient (Wildman–Crippen LogP) is 3.65. The van der Waals surface area contributed by atoms with Gasteiger partial charge in [0.2, 0.25) is 0 Å². The van der Waals surface area contributed by atoms with Crippen molar-refractivity contribution < 1.29 is 14.3 Å². The third-order valence-corrected chi connectivity index (χ3v) is 5.87. The van der Waals surface area contributed by atoms with E-state index in [0.29, 0.717) is 36.6 Å². The van der Waals surface area contributed by atoms with Gasteiger partial charge in [-0.3, -0.25) is 9.59 Å². The molecule has 0 aromatic heterocycles. The first-order valence-electron chi connectivity index (χ1n) is 9.93. The Balaban J connectivity index is 1.59. The molecule has 154 valence electrons. The molecule has 0 atom stereocenters. The first-order valence-corrected chi connectivity index (χ1v) is 10.4. The van der Waals surface area contributed by atoms with Crippen LogP contribution >= 0.6 is 12.6 Å². The quantitative estimate of drug-likeness (QED) is 0.780. The zero-order valence-corrected chi connectivity index (χ0v) is 18.2. The Bertz CT molecular complexity index is 913. The third kappa shape index (κ3) is 4.93. The smallest absolute Gasteiger partial charge is 0.260 e. The van der Waals surface area contributed by atoms with Gasteiger partial charge in [0, 0.05) is 31.1 Å². The van der Waals surface area contributed by atoms with Crippen molar-refractivity contribution in [2.24, 2.45) is 0 Å². The van der Waals surface area contributed by atoms with Gasteiger partial charge in [-0.15, -0.1) is 12.6 Å². The minimum Gasteiger partial charge on any atom is -0.483 e. The van der Waals surface area contributed by atoms with E-state index in [-0.39, 0.29) is 18.4 Å². The van der Waals surface area contributed by atoms with E-state index < -0.39 is 0 Å². The molecule has 0 bridgehead atoms. The maximum absolute atomic E-state index is 12.8. The zero-order valence-electron chi connectivity index (χ0n) is 17.3. The van der Waals surface area contributed by atoms with Crippen LogP contribution in [0.2, 0.25) is 0 Å². The lowest BCUT2D eigenvalue weighted by atomic mass is 10.1. The van der Waals surface area contributed by atoms with Gasteiger partial charge < -0.3 is 14.5 Å². The highest BCUT2D eigenvalue weighted by molar-refractivity contribution is 7.80. The van der Waals surface area contributed by atoms with Crippen molar-refractivity contribution >= 4 is 24.4 Å². The number of hydrogen-bond acceptors (Lipinski definition) is 4. The van der Waals surface area contributed by atoms with Crippen molar-refractivity contribution in [3.8, 4) is 5.75 Å². The lowest BCUT2D eigenvalue weighted by Gasteiger charge is -2.23. The minimum atomic E-state index is -0.0470. The number of nitrogens with zero attached hydrogens (tertiary/aromatic N) is 2. The Kier molecular flexibility index (Phi) is 6.85. The molecule has 3 rings (SSSR count). The highest BCUT2D eigenvalue weighted by Crippen LogP contribution is 2.25. The lowest BCUT2D eigenvalue weighted by molar-refractivity contribution is -0.133. The molecule has 0 aliphatic carbocycles. The summed E-state index contributed by atoms with van der Waals surface area (Å²) >= 11 is 4.39. The molecule has 0 N–H and O–H groups in total. The van der Waals surface area contributed by atoms with E-state index in [9.17, 15) is 9.59 Å². The normalized spacial score (nSPS) is 14.5. The average Bonchev–Trinajstić information content (AvgIpc) is 2.97. The summed E-state index contributed by atoms with van der Waals surface area (Å²) in [5.41, 5.74) is 3.84. The van der Waals surface area contributed by atoms with E-state index in [2.05, 4.69) is 18.7 Å². The SMILES string of the molecule is Cc1ccc(C)c(OCC(=O)N2CCCN(C(=O)c3ccccc3S)CC2)c1C. The molecule has 29 heavy (non-hydrogen) atoms. The summed E-state index contributed by atoms with van der Waals surface area (Å²) in [5.74, 6) is 0.705. The van der Waals surface area contributed by atoms with E-state index >= 15 is 0 Å². The van der Waals surface area contributed by atoms with E-state index in [1.165, 1.54) is 0 Å². The summed E-state index contributed by atoms with van der Waals surface area (Å²) in [6, 6.07) is 11.4. The van der Waals surface area contributed by atoms with Crippen LogP contribution in [0.1, 0.15) is 33.5 Å². The van der Waals surface area contributed by atoms with Crippen molar-refractivity contribution in [1.82, 2.24) is 9.80 Å². The molecule has 0 saturated carbocycles. The van der Waals surface area contributed by atoms with Gasteiger partial charge in [-0.25, -0.2) is 0 Å². The fraction of sp³-hybridized carbons (Fsp3) is 0.391. The van der Waals surface area contributed by atoms with Gasteiger partial charge in [-0.05, 0) is 56.0 Å². The first-order chi connectivity index (χ1) is 13.9. The maximum atomic E-state index is 12.8. The number of carbonyl (C=O) groups excluding carboxylic acids is 2. The van der Waals surface area contributed by atoms with Crippen LogP contribution in [0.15, 0.2) is 41.3 Å². The highest BCUT2D eigenvalue weighted by Gasteiger charge is 2.24. The summed E-state index contributed by atoms with van der Waals surface area (Å²) in [6.07, 6.45) is 0.745. The molecule has 1 fully saturated rings. The summed E-state index contributed by atoms with van der Waals surface area (Å²) < 4.78 is 5.88. The first kappa shape index (κ1) is 21.2. The number of rotatable bonds is 4. The van der Waals surface area contributed by atoms with Crippen LogP contribution in [0.25, 0.3) is 0 Å². The monoisotopic (exact) mass is 412 g/mol. The van der Waals surface area contributed by atoms with Crippen LogP contribution in [-0.2, 0) is 4.79 Å². The fourth-order valence-electron chi connectivity index (χ4n) is 3.57. The highest BCUT2D eigenvalue weighted by atomic mass is 32.1. The number of carbonyl (C=O) groups is 2. The summed E-state index contributed by atoms with van der Waals surface area (Å²) in [4.78, 5) is 29.8. The van der Waals surface area contributed by atoms with Crippen LogP contribution in [0, 0.1) is 20.8 Å². The van der Waals surface area contributed by atoms with Crippen molar-refractivity contribution in [2.45, 2.75) is 32.1 Å².